The van der Waals surface area contributed by atoms with E-state index >= 15 is 0 Å². The van der Waals surface area contributed by atoms with Crippen LogP contribution in [0.25, 0.3) is 0 Å². The van der Waals surface area contributed by atoms with E-state index in [0.29, 0.717) is 52.4 Å². The minimum Gasteiger partial charge on any atom is -0.481 e. The highest BCUT2D eigenvalue weighted by Crippen LogP contribution is 2.24. The maximum Gasteiger partial charge on any atom is 0.410 e. The van der Waals surface area contributed by atoms with E-state index in [0.717, 1.165) is 43.2 Å². The molecule has 10 rings (SSSR count). The van der Waals surface area contributed by atoms with Crippen LogP contribution in [0.1, 0.15) is 164 Å². The van der Waals surface area contributed by atoms with Crippen molar-refractivity contribution in [2.75, 3.05) is 176 Å². The first-order valence-electron chi connectivity index (χ1n) is 47.2. The van der Waals surface area contributed by atoms with Crippen LogP contribution < -0.4 is 10.6 Å². The summed E-state index contributed by atoms with van der Waals surface area (Å²) in [4.78, 5) is 293. The van der Waals surface area contributed by atoms with E-state index in [9.17, 15) is 120 Å². The number of rotatable bonds is 26. The number of amides is 17. The Kier molecular flexibility index (Phi) is 53.3. The van der Waals surface area contributed by atoms with Gasteiger partial charge in [0.15, 0.2) is 0 Å². The van der Waals surface area contributed by atoms with Gasteiger partial charge in [0.1, 0.15) is 53.2 Å². The van der Waals surface area contributed by atoms with Crippen molar-refractivity contribution >= 4 is 170 Å². The molecule has 0 bridgehead atoms. The van der Waals surface area contributed by atoms with Gasteiger partial charge < -0.3 is 88.3 Å². The van der Waals surface area contributed by atoms with E-state index in [4.69, 9.17) is 48.1 Å². The monoisotopic (exact) mass is 2170 g/mol. The average Bonchev–Trinajstić information content (AvgIpc) is 1.12. The molecule has 0 saturated carbocycles. The van der Waals surface area contributed by atoms with Crippen LogP contribution in [-0.2, 0) is 139 Å². The molecular formula is C95H141BrClN15O35. The number of ether oxygens (including phenoxy) is 8. The minimum atomic E-state index is -1.03. The number of carbonyl (C=O) groups is 24. The molecule has 10 aliphatic rings. The normalized spacial score (nSPS) is 19.3. The molecule has 10 aliphatic heterocycles. The van der Waals surface area contributed by atoms with Gasteiger partial charge in [0.2, 0.25) is 28.9 Å². The van der Waals surface area contributed by atoms with Gasteiger partial charge in [0.25, 0.3) is 59.1 Å². The van der Waals surface area contributed by atoms with Crippen LogP contribution in [0.15, 0.2) is 60.8 Å². The number of nitrogens with zero attached hydrogens (tertiary/aromatic N) is 13. The Balaban J connectivity index is 0.000000450. The van der Waals surface area contributed by atoms with Crippen LogP contribution in [0.2, 0.25) is 0 Å². The number of piperazine rings is 5. The van der Waals surface area contributed by atoms with E-state index in [1.54, 1.807) is 77.0 Å². The van der Waals surface area contributed by atoms with Crippen LogP contribution in [0, 0.1) is 0 Å². The minimum absolute atomic E-state index is 0.00372. The number of carboxylic acid groups (broad SMARTS) is 1. The number of carbonyl (C=O) groups excluding carboxylic acids is 23. The van der Waals surface area contributed by atoms with Crippen LogP contribution in [0.4, 0.5) is 14.4 Å². The molecule has 0 spiro atoms. The Morgan fingerprint density at radius 2 is 0.633 bits per heavy atom. The topological polar surface area (TPSA) is 610 Å². The first kappa shape index (κ1) is 128. The molecule has 50 nitrogen and oxygen atoms in total. The number of alkyl halides is 1. The number of aliphatic carboxylic acids is 1. The number of aliphatic hydroxyl groups is 2. The molecule has 17 amide bonds. The van der Waals surface area contributed by atoms with Crippen molar-refractivity contribution in [2.45, 2.75) is 222 Å². The molecule has 52 heteroatoms. The molecule has 5 unspecified atom stereocenters. The van der Waals surface area contributed by atoms with E-state index in [2.05, 4.69) is 38.2 Å². The molecule has 0 aromatic heterocycles. The number of imide groups is 5. The molecule has 0 aromatic carbocycles. The van der Waals surface area contributed by atoms with Crippen molar-refractivity contribution in [1.29, 1.82) is 0 Å². The highest BCUT2D eigenvalue weighted by atomic mass is 79.9. The largest absolute Gasteiger partial charge is 0.481 e. The summed E-state index contributed by atoms with van der Waals surface area (Å²) in [5, 5.41) is 33.2. The van der Waals surface area contributed by atoms with Gasteiger partial charge in [-0.25, -0.2) is 14.4 Å². The van der Waals surface area contributed by atoms with E-state index in [1.165, 1.54) is 95.9 Å². The summed E-state index contributed by atoms with van der Waals surface area (Å²) in [6.45, 7) is 38.0. The lowest BCUT2D eigenvalue weighted by Gasteiger charge is -2.41. The molecule has 0 aliphatic carbocycles. The van der Waals surface area contributed by atoms with Crippen molar-refractivity contribution < 1.29 is 168 Å². The molecule has 0 radical (unpaired) electrons. The number of esters is 5. The lowest BCUT2D eigenvalue weighted by Crippen LogP contribution is -2.59. The van der Waals surface area contributed by atoms with Gasteiger partial charge in [-0.15, -0.1) is 0 Å². The number of hydrogen-bond acceptors (Lipinski definition) is 37. The second-order valence-electron chi connectivity index (χ2n) is 38.8. The van der Waals surface area contributed by atoms with Gasteiger partial charge in [-0.1, -0.05) is 15.9 Å². The lowest BCUT2D eigenvalue weighted by atomic mass is 10.1. The van der Waals surface area contributed by atoms with Crippen LogP contribution >= 0.6 is 27.5 Å². The van der Waals surface area contributed by atoms with Gasteiger partial charge in [-0.05, 0) is 115 Å². The van der Waals surface area contributed by atoms with Gasteiger partial charge >= 0.3 is 54.1 Å². The first-order valence-corrected chi connectivity index (χ1v) is 48.7. The van der Waals surface area contributed by atoms with Crippen LogP contribution in [-0.4, -0.2) is 455 Å². The van der Waals surface area contributed by atoms with E-state index < -0.39 is 118 Å². The Bertz CT molecular complexity index is 4780. The smallest absolute Gasteiger partial charge is 0.410 e. The third-order valence-electron chi connectivity index (χ3n) is 20.9. The predicted molar refractivity (Wildman–Crippen MR) is 523 cm³/mol. The lowest BCUT2D eigenvalue weighted by molar-refractivity contribution is -0.159. The number of carboxylic acids is 1. The summed E-state index contributed by atoms with van der Waals surface area (Å²) >= 11 is 7.63. The van der Waals surface area contributed by atoms with Gasteiger partial charge in [-0.3, -0.25) is 140 Å². The predicted octanol–water partition coefficient (Wildman–Crippen LogP) is 0.507. The van der Waals surface area contributed by atoms with Crippen LogP contribution in [0.3, 0.4) is 0 Å². The number of aliphatic hydroxyl groups excluding tert-OH is 2. The van der Waals surface area contributed by atoms with Gasteiger partial charge in [0.05, 0.1) is 56.4 Å². The molecular weight excluding hydrogens is 2030 g/mol. The Hall–Kier alpha value is -12.8. The van der Waals surface area contributed by atoms with Crippen molar-refractivity contribution in [2.24, 2.45) is 0 Å². The molecule has 820 valence electrons. The van der Waals surface area contributed by atoms with Crippen molar-refractivity contribution in [3.8, 4) is 0 Å². The quantitative estimate of drug-likeness (QED) is 0.0259. The van der Waals surface area contributed by atoms with Gasteiger partial charge in [0, 0.05) is 245 Å². The van der Waals surface area contributed by atoms with E-state index in [-0.39, 0.29) is 231 Å². The van der Waals surface area contributed by atoms with Crippen molar-refractivity contribution in [1.82, 2.24) is 74.3 Å². The second-order valence-corrected chi connectivity index (χ2v) is 39.9. The molecule has 10 heterocycles. The molecule has 147 heavy (non-hydrogen) atoms. The zero-order valence-electron chi connectivity index (χ0n) is 86.8. The summed E-state index contributed by atoms with van der Waals surface area (Å²) in [6.07, 6.45) is 10.2. The summed E-state index contributed by atoms with van der Waals surface area (Å²) in [7, 11) is 0. The van der Waals surface area contributed by atoms with E-state index in [1.807, 2.05) is 46.4 Å². The Labute approximate surface area is 866 Å². The molecule has 5 atom stereocenters. The Morgan fingerprint density at radius 1 is 0.354 bits per heavy atom. The number of halogens is 2. The maximum absolute atomic E-state index is 12.6. The standard InChI is InChI=1S/C20H29N3O7.C19H27N3O7.C17H25N3O6.C14H19N3O5.C10H20N2O3.C7H7NO4.C6H11BrO2.C2H3ClO/c1-14(24)29-13-15-11-22(10-9-21(15)12-19(28)30-20(2,3)4)16(25)7-8-23-17(26)5-6-18(23)27;1-13(23)28-12-14-11-20(9-10-21(14)18(27)29-19(2,3)4)15(24)7-8-22-16(25)5-6-17(22)26;1-17(2,3)26-16(25)19-9-8-18(10-12(19)11-21)13(22)6-7-20-14(23)4-5-15(20)24;1-10(18)22-9-11-8-16(7-5-15-11)12(19)4-6-17-13(20)2-3-14(17)21;1-10(2,3)15-9(14)12-5-4-11-6-8(12)7-13;9-5-1-2-6(10)8(5)4-3-7(11)12;1-6(2,3)9-5(8)4-7;1-2(3)4/h5-6,15H,7-13H2,1-4H3;5-6,14H,7-12H2,1-4H3;4-5,12,21H,6-11H2,1-3H3;2-3,11,15H,4-9H2,1H3;8,11,13H,4-7H2,1-3H3;1-2H,3-4H2,(H,11,12);4H2,1-3H3;1H3. The van der Waals surface area contributed by atoms with Gasteiger partial charge in [-0.2, -0.15) is 0 Å². The van der Waals surface area contributed by atoms with Crippen molar-refractivity contribution in [3.63, 3.8) is 0 Å². The average molecular weight is 2170 g/mol. The fourth-order valence-electron chi connectivity index (χ4n) is 14.2. The van der Waals surface area contributed by atoms with Crippen LogP contribution in [0.5, 0.6) is 0 Å². The summed E-state index contributed by atoms with van der Waals surface area (Å²) in [5.41, 5.74) is -2.78. The summed E-state index contributed by atoms with van der Waals surface area (Å²) in [5.74, 6) is -8.01. The highest BCUT2D eigenvalue weighted by molar-refractivity contribution is 9.09. The third-order valence-corrected chi connectivity index (χ3v) is 21.3. The fraction of sp³-hybridized carbons (Fsp3) is 0.642. The molecule has 5 fully saturated rings. The number of nitrogens with one attached hydrogen (secondary N) is 2. The first-order chi connectivity index (χ1) is 68.3. The second kappa shape index (κ2) is 61.1. The summed E-state index contributed by atoms with van der Waals surface area (Å²) < 4.78 is 41.4. The molecule has 5 N–H and O–H groups in total. The third kappa shape index (κ3) is 49.5. The maximum atomic E-state index is 12.6. The zero-order valence-corrected chi connectivity index (χ0v) is 89.1. The SMILES string of the molecule is CC(=O)Cl.CC(=O)OCC1CN(C(=O)CCN2C(=O)C=CC2=O)CCN1.CC(=O)OCC1CN(C(=O)CCN2C(=O)C=CC2=O)CCN1C(=O)OC(C)(C)C.CC(=O)OCC1CN(C(=O)CCN2C(=O)C=CC2=O)CCN1CC(=O)OC(C)(C)C.CC(C)(C)OC(=O)CBr.CC(C)(C)OC(=O)N1CCN(C(=O)CCN2C(=O)C=CC2=O)CC1CO.CC(C)(C)OC(=O)N1CCNCC1CO.O=C(O)CCN1C(=O)C=CC1=O. The highest BCUT2D eigenvalue weighted by Gasteiger charge is 2.41. The van der Waals surface area contributed by atoms with Crippen molar-refractivity contribution in [3.05, 3.63) is 60.8 Å². The fourth-order valence-corrected chi connectivity index (χ4v) is 14.3. The number of hydrogen-bond donors (Lipinski definition) is 5. The molecule has 0 aromatic rings. The summed E-state index contributed by atoms with van der Waals surface area (Å²) in [6, 6.07) is -1.75. The zero-order chi connectivity index (χ0) is 112. The Morgan fingerprint density at radius 3 is 0.939 bits per heavy atom. The molecule has 5 saturated heterocycles.